The van der Waals surface area contributed by atoms with Gasteiger partial charge in [0.05, 0.1) is 13.2 Å². The van der Waals surface area contributed by atoms with Crippen molar-refractivity contribution in [3.05, 3.63) is 0 Å². The zero-order chi connectivity index (χ0) is 10.7. The zero-order valence-corrected chi connectivity index (χ0v) is 9.37. The molecule has 0 aliphatic carbocycles. The number of ether oxygens (including phenoxy) is 1. The molecular formula is C11H20N2O2. The van der Waals surface area contributed by atoms with Crippen LogP contribution in [0.2, 0.25) is 0 Å². The Hall–Kier alpha value is -0.610. The monoisotopic (exact) mass is 212 g/mol. The van der Waals surface area contributed by atoms with E-state index in [9.17, 15) is 4.79 Å². The highest BCUT2D eigenvalue weighted by Crippen LogP contribution is 2.25. The van der Waals surface area contributed by atoms with E-state index in [-0.39, 0.29) is 5.97 Å². The third-order valence-corrected chi connectivity index (χ3v) is 3.43. The first-order valence-electron chi connectivity index (χ1n) is 5.91. The normalized spacial score (nSPS) is 31.3. The summed E-state index contributed by atoms with van der Waals surface area (Å²) in [6.07, 6.45) is 2.51. The molecule has 86 valence electrons. The Labute approximate surface area is 91.0 Å². The molecule has 0 bridgehead atoms. The molecule has 0 amide bonds. The summed E-state index contributed by atoms with van der Waals surface area (Å²) in [5.74, 6) is 0.665. The molecule has 2 fully saturated rings. The highest BCUT2D eigenvalue weighted by Gasteiger charge is 2.35. The van der Waals surface area contributed by atoms with Crippen molar-refractivity contribution in [1.82, 2.24) is 10.2 Å². The number of hydrogen-bond donors (Lipinski definition) is 1. The molecule has 4 heteroatoms. The maximum atomic E-state index is 11.4. The molecule has 0 saturated carbocycles. The maximum Gasteiger partial charge on any atom is 0.320 e. The second-order valence-electron chi connectivity index (χ2n) is 4.40. The Bertz CT molecular complexity index is 233. The molecule has 0 radical (unpaired) electrons. The second-order valence-corrected chi connectivity index (χ2v) is 4.40. The molecule has 0 aromatic heterocycles. The van der Waals surface area contributed by atoms with Crippen LogP contribution in [0.3, 0.4) is 0 Å². The molecule has 0 aromatic carbocycles. The lowest BCUT2D eigenvalue weighted by Gasteiger charge is -2.36. The summed E-state index contributed by atoms with van der Waals surface area (Å²) in [5, 5.41) is 3.41. The van der Waals surface area contributed by atoms with Gasteiger partial charge in [0, 0.05) is 12.6 Å². The van der Waals surface area contributed by atoms with Crippen molar-refractivity contribution >= 4 is 5.97 Å². The van der Waals surface area contributed by atoms with E-state index in [4.69, 9.17) is 4.74 Å². The van der Waals surface area contributed by atoms with Crippen LogP contribution in [-0.4, -0.2) is 49.7 Å². The van der Waals surface area contributed by atoms with Crippen LogP contribution in [0.4, 0.5) is 0 Å². The molecule has 4 nitrogen and oxygen atoms in total. The smallest absolute Gasteiger partial charge is 0.320 e. The fourth-order valence-corrected chi connectivity index (χ4v) is 2.73. The molecule has 0 aromatic rings. The molecule has 1 N–H and O–H groups in total. The largest absolute Gasteiger partial charge is 0.465 e. The first-order valence-corrected chi connectivity index (χ1v) is 5.91. The van der Waals surface area contributed by atoms with Gasteiger partial charge in [-0.05, 0) is 38.8 Å². The first kappa shape index (κ1) is 10.9. The fraction of sp³-hybridized carbons (Fsp3) is 0.909. The Morgan fingerprint density at radius 3 is 3.20 bits per heavy atom. The number of hydrogen-bond acceptors (Lipinski definition) is 4. The van der Waals surface area contributed by atoms with E-state index in [0.29, 0.717) is 19.2 Å². The second kappa shape index (κ2) is 4.94. The van der Waals surface area contributed by atoms with Crippen molar-refractivity contribution in [2.75, 3.05) is 32.8 Å². The van der Waals surface area contributed by atoms with Crippen LogP contribution < -0.4 is 5.32 Å². The van der Waals surface area contributed by atoms with Gasteiger partial charge >= 0.3 is 5.97 Å². The van der Waals surface area contributed by atoms with Gasteiger partial charge in [0.2, 0.25) is 0 Å². The lowest BCUT2D eigenvalue weighted by atomic mass is 9.92. The quantitative estimate of drug-likeness (QED) is 0.680. The summed E-state index contributed by atoms with van der Waals surface area (Å²) >= 11 is 0. The Morgan fingerprint density at radius 1 is 1.53 bits per heavy atom. The Kier molecular flexibility index (Phi) is 3.59. The SMILES string of the molecule is CCOC(=O)CN1CCCC2CNCC21. The predicted octanol–water partition coefficient (Wildman–Crippen LogP) is 0.233. The molecule has 2 aliphatic heterocycles. The summed E-state index contributed by atoms with van der Waals surface area (Å²) < 4.78 is 4.99. The molecule has 2 atom stereocenters. The number of carbonyl (C=O) groups is 1. The van der Waals surface area contributed by atoms with E-state index in [0.717, 1.165) is 25.6 Å². The number of fused-ring (bicyclic) bond motifs is 1. The average Bonchev–Trinajstić information content (AvgIpc) is 2.67. The predicted molar refractivity (Wildman–Crippen MR) is 57.6 cm³/mol. The molecule has 0 spiro atoms. The number of piperidine rings is 1. The molecule has 2 aliphatic rings. The lowest BCUT2D eigenvalue weighted by Crippen LogP contribution is -2.47. The van der Waals surface area contributed by atoms with Crippen molar-refractivity contribution in [3.8, 4) is 0 Å². The van der Waals surface area contributed by atoms with Crippen molar-refractivity contribution in [2.45, 2.75) is 25.8 Å². The molecule has 2 unspecified atom stereocenters. The van der Waals surface area contributed by atoms with Crippen LogP contribution >= 0.6 is 0 Å². The van der Waals surface area contributed by atoms with E-state index < -0.39 is 0 Å². The van der Waals surface area contributed by atoms with E-state index in [1.54, 1.807) is 0 Å². The average molecular weight is 212 g/mol. The standard InChI is InChI=1S/C11H20N2O2/c1-2-15-11(14)8-13-5-3-4-9-6-12-7-10(9)13/h9-10,12H,2-8H2,1H3. The summed E-state index contributed by atoms with van der Waals surface area (Å²) in [6, 6.07) is 0.558. The van der Waals surface area contributed by atoms with Gasteiger partial charge in [-0.15, -0.1) is 0 Å². The summed E-state index contributed by atoms with van der Waals surface area (Å²) in [4.78, 5) is 13.7. The number of nitrogens with one attached hydrogen (secondary N) is 1. The van der Waals surface area contributed by atoms with Crippen molar-refractivity contribution < 1.29 is 9.53 Å². The maximum absolute atomic E-state index is 11.4. The number of esters is 1. The Balaban J connectivity index is 1.87. The van der Waals surface area contributed by atoms with Gasteiger partial charge in [-0.1, -0.05) is 0 Å². The van der Waals surface area contributed by atoms with Gasteiger partial charge < -0.3 is 10.1 Å². The minimum atomic E-state index is -0.0787. The summed E-state index contributed by atoms with van der Waals surface area (Å²) in [5.41, 5.74) is 0. The van der Waals surface area contributed by atoms with Gasteiger partial charge in [-0.25, -0.2) is 0 Å². The van der Waals surface area contributed by atoms with Gasteiger partial charge in [0.1, 0.15) is 0 Å². The first-order chi connectivity index (χ1) is 7.31. The minimum absolute atomic E-state index is 0.0787. The van der Waals surface area contributed by atoms with Crippen LogP contribution in [0.1, 0.15) is 19.8 Å². The molecule has 2 heterocycles. The van der Waals surface area contributed by atoms with Crippen molar-refractivity contribution in [3.63, 3.8) is 0 Å². The molecule has 2 rings (SSSR count). The van der Waals surface area contributed by atoms with Gasteiger partial charge in [0.25, 0.3) is 0 Å². The molecular weight excluding hydrogens is 192 g/mol. The number of nitrogens with zero attached hydrogens (tertiary/aromatic N) is 1. The number of likely N-dealkylation sites (tertiary alicyclic amines) is 1. The summed E-state index contributed by atoms with van der Waals surface area (Å²) in [6.45, 7) is 6.00. The van der Waals surface area contributed by atoms with Crippen molar-refractivity contribution in [2.24, 2.45) is 5.92 Å². The molecule has 2 saturated heterocycles. The van der Waals surface area contributed by atoms with Crippen molar-refractivity contribution in [1.29, 1.82) is 0 Å². The van der Waals surface area contributed by atoms with E-state index in [1.807, 2.05) is 6.92 Å². The van der Waals surface area contributed by atoms with Crippen LogP contribution in [0.15, 0.2) is 0 Å². The van der Waals surface area contributed by atoms with Gasteiger partial charge in [0.15, 0.2) is 0 Å². The van der Waals surface area contributed by atoms with Crippen LogP contribution in [0, 0.1) is 5.92 Å². The van der Waals surface area contributed by atoms with Crippen LogP contribution in [0.5, 0.6) is 0 Å². The highest BCUT2D eigenvalue weighted by atomic mass is 16.5. The third-order valence-electron chi connectivity index (χ3n) is 3.43. The lowest BCUT2D eigenvalue weighted by molar-refractivity contribution is -0.145. The van der Waals surface area contributed by atoms with E-state index >= 15 is 0 Å². The van der Waals surface area contributed by atoms with Gasteiger partial charge in [-0.3, -0.25) is 9.69 Å². The minimum Gasteiger partial charge on any atom is -0.465 e. The Morgan fingerprint density at radius 2 is 2.40 bits per heavy atom. The third kappa shape index (κ3) is 2.49. The van der Waals surface area contributed by atoms with Gasteiger partial charge in [-0.2, -0.15) is 0 Å². The number of carbonyl (C=O) groups excluding carboxylic acids is 1. The van der Waals surface area contributed by atoms with Crippen LogP contribution in [0.25, 0.3) is 0 Å². The van der Waals surface area contributed by atoms with Crippen LogP contribution in [-0.2, 0) is 9.53 Å². The molecule has 15 heavy (non-hydrogen) atoms. The van der Waals surface area contributed by atoms with E-state index in [2.05, 4.69) is 10.2 Å². The van der Waals surface area contributed by atoms with E-state index in [1.165, 1.54) is 12.8 Å². The highest BCUT2D eigenvalue weighted by molar-refractivity contribution is 5.71. The number of rotatable bonds is 3. The topological polar surface area (TPSA) is 41.6 Å². The zero-order valence-electron chi connectivity index (χ0n) is 9.37. The summed E-state index contributed by atoms with van der Waals surface area (Å²) in [7, 11) is 0. The fourth-order valence-electron chi connectivity index (χ4n) is 2.73.